The van der Waals surface area contributed by atoms with Gasteiger partial charge in [0.15, 0.2) is 0 Å². The van der Waals surface area contributed by atoms with Crippen molar-refractivity contribution in [1.29, 1.82) is 0 Å². The van der Waals surface area contributed by atoms with Gasteiger partial charge in [-0.1, -0.05) is 38.5 Å². The molecule has 2 aliphatic rings. The maximum atomic E-state index is 13.8. The monoisotopic (exact) mass is 943 g/mol. The molecule has 1 unspecified atom stereocenters. The number of hydrogen-bond donors (Lipinski definition) is 13. The first kappa shape index (κ1) is 52.7. The largest absolute Gasteiger partial charge is 0.391 e. The summed E-state index contributed by atoms with van der Waals surface area (Å²) in [6.07, 6.45) is 4.05. The third-order valence-electron chi connectivity index (χ3n) is 11.3. The fraction of sp³-hybridized carbons (Fsp3) is 0.605. The van der Waals surface area contributed by atoms with Gasteiger partial charge >= 0.3 is 6.03 Å². The molecule has 364 valence electrons. The van der Waals surface area contributed by atoms with Crippen LogP contribution < -0.4 is 53.7 Å². The van der Waals surface area contributed by atoms with E-state index in [1.807, 2.05) is 43.8 Å². The van der Waals surface area contributed by atoms with Crippen LogP contribution in [0.15, 0.2) is 30.5 Å². The molecule has 23 heteroatoms. The van der Waals surface area contributed by atoms with Crippen LogP contribution in [0, 0.1) is 11.8 Å². The molecule has 4 rings (SSSR count). The van der Waals surface area contributed by atoms with Crippen LogP contribution in [-0.2, 0) is 44.8 Å². The average molecular weight is 944 g/mol. The van der Waals surface area contributed by atoms with Crippen LogP contribution >= 0.6 is 11.8 Å². The number of carbonyl (C=O) groups excluding carboxylic acids is 9. The van der Waals surface area contributed by atoms with Crippen molar-refractivity contribution in [2.24, 2.45) is 17.6 Å². The number of primary amides is 1. The highest BCUT2D eigenvalue weighted by molar-refractivity contribution is 8.00. The summed E-state index contributed by atoms with van der Waals surface area (Å²) in [5.41, 5.74) is 8.43. The Morgan fingerprint density at radius 1 is 0.818 bits per heavy atom. The summed E-state index contributed by atoms with van der Waals surface area (Å²) in [7, 11) is 0. The Labute approximate surface area is 386 Å². The molecule has 22 nitrogen and oxygen atoms in total. The Hall–Kier alpha value is -5.94. The quantitative estimate of drug-likeness (QED) is 0.0208. The third-order valence-corrected chi connectivity index (χ3v) is 12.9. The maximum absolute atomic E-state index is 13.8. The van der Waals surface area contributed by atoms with E-state index < -0.39 is 84.6 Å². The van der Waals surface area contributed by atoms with Crippen molar-refractivity contribution in [3.63, 3.8) is 0 Å². The highest BCUT2D eigenvalue weighted by Crippen LogP contribution is 2.33. The summed E-state index contributed by atoms with van der Waals surface area (Å²) in [6.45, 7) is 4.07. The lowest BCUT2D eigenvalue weighted by atomic mass is 9.92. The van der Waals surface area contributed by atoms with Crippen molar-refractivity contribution in [1.82, 2.24) is 53.0 Å². The van der Waals surface area contributed by atoms with Gasteiger partial charge in [0.1, 0.15) is 18.1 Å². The number of carbonyl (C=O) groups is 9. The molecular formula is C43H65N11O11S. The smallest absolute Gasteiger partial charge is 0.315 e. The number of H-pyrrole nitrogens is 1. The standard InChI is InChI=1S/C43H65N11O11S/c1-23(2)16-25(18-34(57)54-65)40(61)50-30(17-26-19-46-28-11-5-4-10-27(26)28)41(62)52-37(24(3)55)42(63)48-20-35(58)47-21-36(59)49-29(39(44)60)12-8-9-15-45-33(56)14-7-6-13-32-38-31(22-66-32)51-43(64)53-38/h4-5,10-11,19,23-25,29-32,37-38,46,55,65H,6-9,12-18,20-22H2,1-3H3,(H2,44,60)(H,45,56)(H,47,58)(H,48,63)(H,49,59)(H,50,61)(H,52,62)(H,54,57)(H2,51,53,64)/t24-,25?,29+,30+,31+,32+,37+,38+/m1/s1. The first-order valence-electron chi connectivity index (χ1n) is 22.3. The Bertz CT molecular complexity index is 2030. The van der Waals surface area contributed by atoms with E-state index in [9.17, 15) is 48.3 Å². The van der Waals surface area contributed by atoms with Crippen molar-refractivity contribution >= 4 is 76.0 Å². The molecule has 0 saturated carbocycles. The number of hydroxylamine groups is 1. The number of nitrogens with two attached hydrogens (primary N) is 1. The van der Waals surface area contributed by atoms with Crippen molar-refractivity contribution in [3.05, 3.63) is 36.0 Å². The zero-order valence-corrected chi connectivity index (χ0v) is 38.4. The number of benzene rings is 1. The van der Waals surface area contributed by atoms with Crippen LogP contribution in [0.25, 0.3) is 10.9 Å². The van der Waals surface area contributed by atoms with E-state index in [-0.39, 0.29) is 55.6 Å². The second kappa shape index (κ2) is 26.3. The van der Waals surface area contributed by atoms with Crippen LogP contribution in [0.1, 0.15) is 84.1 Å². The summed E-state index contributed by atoms with van der Waals surface area (Å²) < 4.78 is 0. The lowest BCUT2D eigenvalue weighted by Crippen LogP contribution is -2.58. The summed E-state index contributed by atoms with van der Waals surface area (Å²) >= 11 is 1.83. The predicted molar refractivity (Wildman–Crippen MR) is 243 cm³/mol. The molecule has 66 heavy (non-hydrogen) atoms. The highest BCUT2D eigenvalue weighted by Gasteiger charge is 2.42. The Kier molecular flexibility index (Phi) is 21.0. The van der Waals surface area contributed by atoms with Gasteiger partial charge in [-0.25, -0.2) is 10.3 Å². The minimum Gasteiger partial charge on any atom is -0.391 e. The molecule has 1 aromatic carbocycles. The SMILES string of the molecule is CC(C)CC(CC(=O)NO)C(=O)N[C@@H](Cc1c[nH]c2ccccc12)C(=O)N[C@H](C(=O)NCC(=O)NCC(=O)N[C@@H](CCCCNC(=O)CCCC[C@@H]1SC[C@@H]2NC(=O)N[C@@H]21)C(N)=O)[C@@H](C)O. The van der Waals surface area contributed by atoms with Gasteiger partial charge in [0.25, 0.3) is 0 Å². The number of thioether (sulfide) groups is 1. The normalized spacial score (nSPS) is 18.6. The number of hydrogen-bond acceptors (Lipinski definition) is 12. The molecule has 2 fully saturated rings. The van der Waals surface area contributed by atoms with Gasteiger partial charge in [-0.2, -0.15) is 11.8 Å². The number of rotatable bonds is 28. The number of aromatic nitrogens is 1. The van der Waals surface area contributed by atoms with Crippen molar-refractivity contribution in [3.8, 4) is 0 Å². The number of aliphatic hydroxyl groups excluding tert-OH is 1. The summed E-state index contributed by atoms with van der Waals surface area (Å²) in [5.74, 6) is -5.71. The van der Waals surface area contributed by atoms with Crippen LogP contribution in [0.2, 0.25) is 0 Å². The lowest BCUT2D eigenvalue weighted by molar-refractivity contribution is -0.137. The zero-order chi connectivity index (χ0) is 48.3. The summed E-state index contributed by atoms with van der Waals surface area (Å²) in [6, 6.07) is 3.49. The molecule has 0 radical (unpaired) electrons. The maximum Gasteiger partial charge on any atom is 0.315 e. The highest BCUT2D eigenvalue weighted by atomic mass is 32.2. The van der Waals surface area contributed by atoms with Crippen LogP contribution in [0.4, 0.5) is 4.79 Å². The zero-order valence-electron chi connectivity index (χ0n) is 37.5. The third kappa shape index (κ3) is 16.8. The summed E-state index contributed by atoms with van der Waals surface area (Å²) in [5, 5.41) is 41.7. The number of aromatic amines is 1. The number of nitrogens with one attached hydrogen (secondary N) is 10. The van der Waals surface area contributed by atoms with Gasteiger partial charge in [0.2, 0.25) is 47.3 Å². The fourth-order valence-electron chi connectivity index (χ4n) is 7.91. The first-order valence-corrected chi connectivity index (χ1v) is 23.4. The second-order valence-corrected chi connectivity index (χ2v) is 18.4. The number of amides is 10. The number of unbranched alkanes of at least 4 members (excludes halogenated alkanes) is 2. The van der Waals surface area contributed by atoms with Crippen molar-refractivity contribution < 1.29 is 53.5 Å². The molecule has 3 heterocycles. The topological polar surface area (TPSA) is 344 Å². The van der Waals surface area contributed by atoms with Crippen molar-refractivity contribution in [2.45, 2.75) is 127 Å². The molecule has 2 saturated heterocycles. The van der Waals surface area contributed by atoms with Gasteiger partial charge in [0.05, 0.1) is 31.3 Å². The molecule has 1 aromatic heterocycles. The molecule has 0 aliphatic carbocycles. The van der Waals surface area contributed by atoms with Crippen molar-refractivity contribution in [2.75, 3.05) is 25.4 Å². The number of urea groups is 1. The minimum atomic E-state index is -1.59. The van der Waals surface area contributed by atoms with Gasteiger partial charge in [0, 0.05) is 59.8 Å². The van der Waals surface area contributed by atoms with Gasteiger partial charge in [-0.05, 0) is 63.0 Å². The minimum absolute atomic E-state index is 0.0288. The lowest BCUT2D eigenvalue weighted by Gasteiger charge is -2.26. The van der Waals surface area contributed by atoms with E-state index in [0.29, 0.717) is 36.6 Å². The molecule has 0 spiro atoms. The number of para-hydroxylation sites is 1. The number of fused-ring (bicyclic) bond motifs is 2. The molecule has 2 aliphatic heterocycles. The molecule has 14 N–H and O–H groups in total. The Morgan fingerprint density at radius 2 is 1.56 bits per heavy atom. The summed E-state index contributed by atoms with van der Waals surface area (Å²) in [4.78, 5) is 117. The average Bonchev–Trinajstić information content (AvgIpc) is 3.97. The predicted octanol–water partition coefficient (Wildman–Crippen LogP) is -1.17. The molecule has 8 atom stereocenters. The fourth-order valence-corrected chi connectivity index (χ4v) is 9.46. The van der Waals surface area contributed by atoms with E-state index in [0.717, 1.165) is 35.9 Å². The van der Waals surface area contributed by atoms with Gasteiger partial charge in [-0.3, -0.25) is 43.6 Å². The van der Waals surface area contributed by atoms with E-state index in [4.69, 9.17) is 10.9 Å². The molecule has 0 bridgehead atoms. The molecular weight excluding hydrogens is 879 g/mol. The Balaban J connectivity index is 1.19. The van der Waals surface area contributed by atoms with E-state index >= 15 is 0 Å². The van der Waals surface area contributed by atoms with E-state index in [1.165, 1.54) is 12.4 Å². The van der Waals surface area contributed by atoms with Gasteiger partial charge < -0.3 is 58.4 Å². The first-order chi connectivity index (χ1) is 31.4. The van der Waals surface area contributed by atoms with Gasteiger partial charge in [-0.15, -0.1) is 0 Å². The van der Waals surface area contributed by atoms with Crippen LogP contribution in [0.5, 0.6) is 0 Å². The number of aliphatic hydroxyl groups is 1. The Morgan fingerprint density at radius 3 is 2.27 bits per heavy atom. The molecule has 2 aromatic rings. The molecule has 10 amide bonds. The van der Waals surface area contributed by atoms with E-state index in [2.05, 4.69) is 47.5 Å². The van der Waals surface area contributed by atoms with Crippen LogP contribution in [-0.4, -0.2) is 136 Å². The van der Waals surface area contributed by atoms with E-state index in [1.54, 1.807) is 12.3 Å². The second-order valence-electron chi connectivity index (χ2n) is 17.1. The van der Waals surface area contributed by atoms with Crippen LogP contribution in [0.3, 0.4) is 0 Å².